The highest BCUT2D eigenvalue weighted by Gasteiger charge is 2.17. The molecule has 1 aromatic heterocycles. The molecule has 0 aliphatic heterocycles. The van der Waals surface area contributed by atoms with Crippen molar-refractivity contribution < 1.29 is 0 Å². The monoisotopic (exact) mass is 295 g/mol. The maximum absolute atomic E-state index is 3.71. The third-order valence-electron chi connectivity index (χ3n) is 3.83. The van der Waals surface area contributed by atoms with Crippen LogP contribution in [0.25, 0.3) is 10.1 Å². The first-order chi connectivity index (χ1) is 10.3. The summed E-state index contributed by atoms with van der Waals surface area (Å²) in [5.41, 5.74) is 4.05. The molecule has 0 spiro atoms. The van der Waals surface area contributed by atoms with Gasteiger partial charge in [0.2, 0.25) is 0 Å². The Balaban J connectivity index is 2.04. The van der Waals surface area contributed by atoms with Gasteiger partial charge in [-0.25, -0.2) is 0 Å². The molecule has 0 saturated carbocycles. The van der Waals surface area contributed by atoms with E-state index in [0.29, 0.717) is 0 Å². The minimum Gasteiger partial charge on any atom is -0.306 e. The molecule has 0 fully saturated rings. The maximum Gasteiger partial charge on any atom is 0.0591 e. The predicted molar refractivity (Wildman–Crippen MR) is 93.1 cm³/mol. The standard InChI is InChI=1S/C19H21NS/c1-3-12-20-19(15-10-8-14(2)9-11-15)17-13-21-18-7-5-4-6-16(17)18/h4-11,13,19-20H,3,12H2,1-2H3. The Bertz CT molecular complexity index is 712. The number of benzene rings is 2. The Labute approximate surface area is 130 Å². The Kier molecular flexibility index (Phi) is 4.37. The van der Waals surface area contributed by atoms with Gasteiger partial charge in [0.1, 0.15) is 0 Å². The number of aryl methyl sites for hydroxylation is 1. The van der Waals surface area contributed by atoms with Crippen LogP contribution in [0.1, 0.15) is 36.1 Å². The second kappa shape index (κ2) is 6.42. The Morgan fingerprint density at radius 1 is 1.05 bits per heavy atom. The third-order valence-corrected chi connectivity index (χ3v) is 4.81. The van der Waals surface area contributed by atoms with Gasteiger partial charge in [-0.05, 0) is 47.8 Å². The molecule has 1 atom stereocenters. The minimum atomic E-state index is 0.279. The average molecular weight is 295 g/mol. The van der Waals surface area contributed by atoms with Gasteiger partial charge in [0.15, 0.2) is 0 Å². The molecule has 2 aromatic carbocycles. The highest BCUT2D eigenvalue weighted by molar-refractivity contribution is 7.17. The van der Waals surface area contributed by atoms with Gasteiger partial charge in [-0.15, -0.1) is 11.3 Å². The number of hydrogen-bond donors (Lipinski definition) is 1. The SMILES string of the molecule is CCCNC(c1ccc(C)cc1)c1csc2ccccc12. The lowest BCUT2D eigenvalue weighted by Crippen LogP contribution is -2.22. The molecule has 1 N–H and O–H groups in total. The summed E-state index contributed by atoms with van der Waals surface area (Å²) < 4.78 is 1.36. The van der Waals surface area contributed by atoms with Crippen LogP contribution in [-0.2, 0) is 0 Å². The quantitative estimate of drug-likeness (QED) is 0.673. The van der Waals surface area contributed by atoms with E-state index in [1.165, 1.54) is 26.8 Å². The van der Waals surface area contributed by atoms with Crippen LogP contribution in [0.2, 0.25) is 0 Å². The highest BCUT2D eigenvalue weighted by Crippen LogP contribution is 2.33. The molecule has 0 aliphatic carbocycles. The van der Waals surface area contributed by atoms with Gasteiger partial charge in [-0.3, -0.25) is 0 Å². The van der Waals surface area contributed by atoms with E-state index in [0.717, 1.165) is 13.0 Å². The van der Waals surface area contributed by atoms with Crippen LogP contribution in [0.4, 0.5) is 0 Å². The lowest BCUT2D eigenvalue weighted by molar-refractivity contribution is 0.602. The van der Waals surface area contributed by atoms with E-state index >= 15 is 0 Å². The third kappa shape index (κ3) is 3.02. The van der Waals surface area contributed by atoms with E-state index in [4.69, 9.17) is 0 Å². The Morgan fingerprint density at radius 3 is 2.57 bits per heavy atom. The zero-order chi connectivity index (χ0) is 14.7. The second-order valence-corrected chi connectivity index (χ2v) is 6.40. The Morgan fingerprint density at radius 2 is 1.81 bits per heavy atom. The maximum atomic E-state index is 3.71. The van der Waals surface area contributed by atoms with Crippen molar-refractivity contribution in [1.29, 1.82) is 0 Å². The fourth-order valence-electron chi connectivity index (χ4n) is 2.68. The van der Waals surface area contributed by atoms with Crippen LogP contribution in [-0.4, -0.2) is 6.54 Å². The number of fused-ring (bicyclic) bond motifs is 1. The summed E-state index contributed by atoms with van der Waals surface area (Å²) in [6.07, 6.45) is 1.14. The first kappa shape index (κ1) is 14.3. The van der Waals surface area contributed by atoms with E-state index in [1.54, 1.807) is 0 Å². The Hall–Kier alpha value is -1.64. The molecule has 108 valence electrons. The topological polar surface area (TPSA) is 12.0 Å². The van der Waals surface area contributed by atoms with Gasteiger partial charge >= 0.3 is 0 Å². The van der Waals surface area contributed by atoms with Crippen molar-refractivity contribution >= 4 is 21.4 Å². The summed E-state index contributed by atoms with van der Waals surface area (Å²) in [5, 5.41) is 7.38. The number of hydrogen-bond acceptors (Lipinski definition) is 2. The molecule has 0 bridgehead atoms. The van der Waals surface area contributed by atoms with Crippen molar-refractivity contribution in [1.82, 2.24) is 5.32 Å². The van der Waals surface area contributed by atoms with Crippen LogP contribution in [0.15, 0.2) is 53.9 Å². The number of thiophene rings is 1. The van der Waals surface area contributed by atoms with E-state index in [2.05, 4.69) is 73.1 Å². The van der Waals surface area contributed by atoms with Gasteiger partial charge in [0, 0.05) is 4.70 Å². The summed E-state index contributed by atoms with van der Waals surface area (Å²) in [6.45, 7) is 5.38. The van der Waals surface area contributed by atoms with E-state index in [1.807, 2.05) is 11.3 Å². The molecular formula is C19H21NS. The van der Waals surface area contributed by atoms with Crippen molar-refractivity contribution in [3.05, 3.63) is 70.6 Å². The molecule has 3 aromatic rings. The molecule has 3 rings (SSSR count). The molecule has 1 heterocycles. The van der Waals surface area contributed by atoms with Gasteiger partial charge in [0.05, 0.1) is 6.04 Å². The van der Waals surface area contributed by atoms with Crippen molar-refractivity contribution in [3.63, 3.8) is 0 Å². The van der Waals surface area contributed by atoms with Gasteiger partial charge in [0.25, 0.3) is 0 Å². The first-order valence-corrected chi connectivity index (χ1v) is 8.43. The second-order valence-electron chi connectivity index (χ2n) is 5.49. The summed E-state index contributed by atoms with van der Waals surface area (Å²) in [4.78, 5) is 0. The van der Waals surface area contributed by atoms with Crippen LogP contribution in [0.5, 0.6) is 0 Å². The van der Waals surface area contributed by atoms with Gasteiger partial charge in [-0.1, -0.05) is 55.0 Å². The molecule has 0 radical (unpaired) electrons. The molecule has 0 saturated heterocycles. The van der Waals surface area contributed by atoms with Crippen LogP contribution in [0, 0.1) is 6.92 Å². The normalized spacial score (nSPS) is 12.7. The van der Waals surface area contributed by atoms with Crippen LogP contribution >= 0.6 is 11.3 Å². The molecule has 21 heavy (non-hydrogen) atoms. The first-order valence-electron chi connectivity index (χ1n) is 7.55. The molecule has 0 amide bonds. The highest BCUT2D eigenvalue weighted by atomic mass is 32.1. The largest absolute Gasteiger partial charge is 0.306 e. The van der Waals surface area contributed by atoms with Crippen LogP contribution in [0.3, 0.4) is 0 Å². The van der Waals surface area contributed by atoms with Crippen LogP contribution < -0.4 is 5.32 Å². The van der Waals surface area contributed by atoms with Gasteiger partial charge < -0.3 is 5.32 Å². The van der Waals surface area contributed by atoms with Crippen molar-refractivity contribution in [3.8, 4) is 0 Å². The van der Waals surface area contributed by atoms with E-state index in [-0.39, 0.29) is 6.04 Å². The average Bonchev–Trinajstić information content (AvgIpc) is 2.93. The van der Waals surface area contributed by atoms with Crippen molar-refractivity contribution in [2.45, 2.75) is 26.3 Å². The summed E-state index contributed by atoms with van der Waals surface area (Å²) in [6, 6.07) is 17.8. The van der Waals surface area contributed by atoms with E-state index in [9.17, 15) is 0 Å². The van der Waals surface area contributed by atoms with Crippen molar-refractivity contribution in [2.75, 3.05) is 6.54 Å². The van der Waals surface area contributed by atoms with E-state index < -0.39 is 0 Å². The smallest absolute Gasteiger partial charge is 0.0591 e. The summed E-state index contributed by atoms with van der Waals surface area (Å²) in [5.74, 6) is 0. The molecular weight excluding hydrogens is 274 g/mol. The number of rotatable bonds is 5. The number of nitrogens with one attached hydrogen (secondary N) is 1. The van der Waals surface area contributed by atoms with Crippen molar-refractivity contribution in [2.24, 2.45) is 0 Å². The minimum absolute atomic E-state index is 0.279. The fourth-order valence-corrected chi connectivity index (χ4v) is 3.66. The zero-order valence-electron chi connectivity index (χ0n) is 12.6. The lowest BCUT2D eigenvalue weighted by Gasteiger charge is -2.19. The molecule has 1 unspecified atom stereocenters. The van der Waals surface area contributed by atoms with Gasteiger partial charge in [-0.2, -0.15) is 0 Å². The molecule has 1 nitrogen and oxygen atoms in total. The lowest BCUT2D eigenvalue weighted by atomic mass is 9.97. The molecule has 2 heteroatoms. The predicted octanol–water partition coefficient (Wildman–Crippen LogP) is 5.30. The fraction of sp³-hybridized carbons (Fsp3) is 0.263. The molecule has 0 aliphatic rings. The summed E-state index contributed by atoms with van der Waals surface area (Å²) >= 11 is 1.83. The summed E-state index contributed by atoms with van der Waals surface area (Å²) in [7, 11) is 0. The zero-order valence-corrected chi connectivity index (χ0v) is 13.4.